The van der Waals surface area contributed by atoms with Crippen LogP contribution in [0.2, 0.25) is 0 Å². The number of anilines is 1. The molecular formula is C38H44IN7O3. The molecule has 2 aromatic carbocycles. The summed E-state index contributed by atoms with van der Waals surface area (Å²) in [6.45, 7) is 8.10. The molecule has 0 saturated carbocycles. The molecule has 0 fully saturated rings. The SMILES string of the molecule is C.Cc1noc(C)c1-c1cnc(N)c(CCc2ccccc2)c1.Cc1noc(C)c1-c1cnc2[nH]c(=O)n(Cc3ccccc3)c2c1.[2HH].[2H]CI. The van der Waals surface area contributed by atoms with Gasteiger partial charge in [0, 0.05) is 37.4 Å². The second-order valence-corrected chi connectivity index (χ2v) is 11.2. The van der Waals surface area contributed by atoms with Crippen molar-refractivity contribution in [2.45, 2.75) is 54.5 Å². The number of imidazole rings is 1. The van der Waals surface area contributed by atoms with Gasteiger partial charge in [0.2, 0.25) is 0 Å². The van der Waals surface area contributed by atoms with E-state index in [0.29, 0.717) is 22.9 Å². The van der Waals surface area contributed by atoms with Crippen molar-refractivity contribution in [2.75, 3.05) is 10.6 Å². The maximum atomic E-state index is 12.3. The van der Waals surface area contributed by atoms with Crippen LogP contribution >= 0.6 is 22.6 Å². The van der Waals surface area contributed by atoms with Crippen LogP contribution in [0.1, 0.15) is 49.8 Å². The van der Waals surface area contributed by atoms with Crippen molar-refractivity contribution in [1.29, 1.82) is 0 Å². The summed E-state index contributed by atoms with van der Waals surface area (Å²) in [6, 6.07) is 24.3. The third-order valence-electron chi connectivity index (χ3n) is 7.98. The van der Waals surface area contributed by atoms with Crippen LogP contribution in [0.15, 0.2) is 99.0 Å². The Balaban J connectivity index is 0.000000248. The van der Waals surface area contributed by atoms with Crippen molar-refractivity contribution in [3.63, 3.8) is 0 Å². The number of rotatable bonds is 7. The van der Waals surface area contributed by atoms with Gasteiger partial charge >= 0.3 is 5.69 Å². The molecule has 7 aromatic rings. The number of benzene rings is 2. The van der Waals surface area contributed by atoms with E-state index in [4.69, 9.17) is 16.2 Å². The Hall–Kier alpha value is -5.04. The quantitative estimate of drug-likeness (QED) is 0.121. The van der Waals surface area contributed by atoms with Crippen molar-refractivity contribution >= 4 is 39.6 Å². The van der Waals surface area contributed by atoms with Crippen molar-refractivity contribution in [1.82, 2.24) is 29.8 Å². The number of hydrogen-bond donors (Lipinski definition) is 2. The number of nitrogens with one attached hydrogen (secondary N) is 1. The number of aromatic amines is 1. The lowest BCUT2D eigenvalue weighted by Gasteiger charge is -2.08. The van der Waals surface area contributed by atoms with Crippen LogP contribution < -0.4 is 11.4 Å². The average molecular weight is 776 g/mol. The Bertz CT molecular complexity index is 2160. The van der Waals surface area contributed by atoms with Gasteiger partial charge in [-0.2, -0.15) is 0 Å². The fraction of sp³-hybridized carbons (Fsp3) is 0.237. The van der Waals surface area contributed by atoms with Crippen LogP contribution in [-0.4, -0.2) is 34.7 Å². The van der Waals surface area contributed by atoms with Gasteiger partial charge in [0.15, 0.2) is 5.65 Å². The number of hydrogen-bond acceptors (Lipinski definition) is 8. The van der Waals surface area contributed by atoms with E-state index in [-0.39, 0.29) is 14.5 Å². The van der Waals surface area contributed by atoms with Crippen molar-refractivity contribution < 1.29 is 11.8 Å². The molecule has 3 N–H and O–H groups in total. The Kier molecular flexibility index (Phi) is 12.1. The molecule has 11 heteroatoms. The van der Waals surface area contributed by atoms with E-state index in [2.05, 4.69) is 55.6 Å². The second kappa shape index (κ2) is 16.9. The maximum absolute atomic E-state index is 12.3. The predicted molar refractivity (Wildman–Crippen MR) is 207 cm³/mol. The van der Waals surface area contributed by atoms with E-state index in [1.165, 1.54) is 5.56 Å². The number of H-pyrrole nitrogens is 1. The van der Waals surface area contributed by atoms with Gasteiger partial charge < -0.3 is 14.8 Å². The molecule has 0 bridgehead atoms. The fourth-order valence-corrected chi connectivity index (χ4v) is 5.66. The molecule has 7 rings (SSSR count). The smallest absolute Gasteiger partial charge is 0.327 e. The molecular weight excluding hydrogens is 729 g/mol. The molecule has 0 saturated heterocycles. The first-order chi connectivity index (χ1) is 23.7. The highest BCUT2D eigenvalue weighted by atomic mass is 127. The summed E-state index contributed by atoms with van der Waals surface area (Å²) in [7, 11) is 0. The summed E-state index contributed by atoms with van der Waals surface area (Å²) < 4.78 is 18.4. The Morgan fingerprint density at radius 2 is 1.37 bits per heavy atom. The zero-order valence-corrected chi connectivity index (χ0v) is 29.5. The molecule has 0 unspecified atom stereocenters. The molecule has 0 atom stereocenters. The zero-order valence-electron chi connectivity index (χ0n) is 28.3. The lowest BCUT2D eigenvalue weighted by Crippen LogP contribution is -2.17. The molecule has 0 amide bonds. The summed E-state index contributed by atoms with van der Waals surface area (Å²) in [4.78, 5) is 24.3. The summed E-state index contributed by atoms with van der Waals surface area (Å²) in [5.41, 5.74) is 16.1. The largest absolute Gasteiger partial charge is 0.383 e. The van der Waals surface area contributed by atoms with Crippen LogP contribution in [0.4, 0.5) is 5.82 Å². The lowest BCUT2D eigenvalue weighted by atomic mass is 10.0. The molecule has 256 valence electrons. The molecule has 0 aliphatic heterocycles. The minimum Gasteiger partial charge on any atom is -0.383 e. The minimum absolute atomic E-state index is 0. The molecule has 49 heavy (non-hydrogen) atoms. The number of alkyl halides is 1. The monoisotopic (exact) mass is 775 g/mol. The van der Waals surface area contributed by atoms with Gasteiger partial charge in [0.1, 0.15) is 17.3 Å². The van der Waals surface area contributed by atoms with Crippen LogP contribution in [0.5, 0.6) is 0 Å². The third kappa shape index (κ3) is 8.52. The van der Waals surface area contributed by atoms with Gasteiger partial charge in [0.25, 0.3) is 0 Å². The van der Waals surface area contributed by atoms with Crippen LogP contribution in [0, 0.1) is 27.7 Å². The summed E-state index contributed by atoms with van der Waals surface area (Å²) in [5.74, 6) is 2.13. The number of nitrogen functional groups attached to an aromatic ring is 1. The number of nitrogens with two attached hydrogens (primary N) is 1. The summed E-state index contributed by atoms with van der Waals surface area (Å²) in [6.07, 6.45) is 5.32. The Morgan fingerprint density at radius 1 is 0.837 bits per heavy atom. The van der Waals surface area contributed by atoms with E-state index in [1.807, 2.05) is 92.8 Å². The van der Waals surface area contributed by atoms with E-state index in [9.17, 15) is 4.79 Å². The predicted octanol–water partition coefficient (Wildman–Crippen LogP) is 8.70. The van der Waals surface area contributed by atoms with Crippen LogP contribution in [-0.2, 0) is 19.4 Å². The summed E-state index contributed by atoms with van der Waals surface area (Å²) in [5, 5.41) is 7.99. The minimum atomic E-state index is -0.169. The molecule has 0 radical (unpaired) electrons. The first-order valence-electron chi connectivity index (χ1n) is 16.0. The van der Waals surface area contributed by atoms with Gasteiger partial charge in [-0.1, -0.05) is 101 Å². The standard InChI is InChI=1S/C18H16N4O2.C18H19N3O.CH3I.CH4.H2/c1-11-16(12(2)24-21-11)14-8-15-17(19-9-14)20-18(23)22(15)10-13-6-4-3-5-7-13;1-12-17(13(2)22-21-12)16-10-15(18(19)20-11-16)9-8-14-6-4-3-5-7-14;1-2;;/h3-9H,10H2,1-2H3,(H,19,20,23);3-7,10-11H,8-9H2,1-2H3,(H2,19,20);1H3;1H4;1H/i;;1D;;1+1. The normalized spacial score (nSPS) is 10.8. The number of halogens is 1. The molecule has 0 aliphatic rings. The van der Waals surface area contributed by atoms with Gasteiger partial charge in [-0.05, 0) is 74.3 Å². The zero-order chi connectivity index (χ0) is 34.9. The number of pyridine rings is 2. The number of aryl methyl sites for hydroxylation is 6. The van der Waals surface area contributed by atoms with Gasteiger partial charge in [-0.15, -0.1) is 0 Å². The van der Waals surface area contributed by atoms with E-state index in [0.717, 1.165) is 74.6 Å². The van der Waals surface area contributed by atoms with Crippen LogP contribution in [0.3, 0.4) is 0 Å². The first kappa shape index (κ1) is 35.3. The van der Waals surface area contributed by atoms with E-state index in [1.54, 1.807) is 17.0 Å². The Labute approximate surface area is 302 Å². The fourth-order valence-electron chi connectivity index (χ4n) is 5.66. The summed E-state index contributed by atoms with van der Waals surface area (Å²) >= 11 is 1.96. The lowest BCUT2D eigenvalue weighted by molar-refractivity contribution is 0.393. The highest BCUT2D eigenvalue weighted by Crippen LogP contribution is 2.29. The van der Waals surface area contributed by atoms with Crippen molar-refractivity contribution in [2.24, 2.45) is 0 Å². The maximum Gasteiger partial charge on any atom is 0.327 e. The third-order valence-corrected chi connectivity index (χ3v) is 7.98. The highest BCUT2D eigenvalue weighted by Gasteiger charge is 2.16. The van der Waals surface area contributed by atoms with E-state index >= 15 is 0 Å². The first-order valence-corrected chi connectivity index (χ1v) is 16.8. The van der Waals surface area contributed by atoms with Crippen molar-refractivity contribution in [3.8, 4) is 22.3 Å². The van der Waals surface area contributed by atoms with Gasteiger partial charge in [0.05, 0.1) is 23.4 Å². The second-order valence-electron chi connectivity index (χ2n) is 11.2. The van der Waals surface area contributed by atoms with Gasteiger partial charge in [-0.3, -0.25) is 9.55 Å². The van der Waals surface area contributed by atoms with Gasteiger partial charge in [-0.25, -0.2) is 14.8 Å². The number of nitrogens with zero attached hydrogens (tertiary/aromatic N) is 5. The van der Waals surface area contributed by atoms with Crippen molar-refractivity contribution in [3.05, 3.63) is 135 Å². The molecule has 0 spiro atoms. The molecule has 5 heterocycles. The number of aromatic nitrogens is 6. The Morgan fingerprint density at radius 3 is 1.92 bits per heavy atom. The van der Waals surface area contributed by atoms with E-state index < -0.39 is 0 Å². The molecule has 5 aromatic heterocycles. The molecule has 10 nitrogen and oxygen atoms in total. The topological polar surface area (TPSA) is 142 Å². The van der Waals surface area contributed by atoms with Crippen LogP contribution in [0.25, 0.3) is 33.4 Å². The number of fused-ring (bicyclic) bond motifs is 1. The highest BCUT2D eigenvalue weighted by molar-refractivity contribution is 14.1. The molecule has 0 aliphatic carbocycles. The average Bonchev–Trinajstić information content (AvgIpc) is 3.74.